The van der Waals surface area contributed by atoms with Crippen molar-refractivity contribution in [3.63, 3.8) is 0 Å². The average molecular weight is 479 g/mol. The smallest absolute Gasteiger partial charge is 0.314 e. The number of aromatic nitrogens is 2. The molecule has 1 aliphatic rings. The summed E-state index contributed by atoms with van der Waals surface area (Å²) in [5.41, 5.74) is 1.71. The molecule has 1 N–H and O–H groups in total. The average Bonchev–Trinajstić information content (AvgIpc) is 3.46. The molecule has 1 aliphatic heterocycles. The van der Waals surface area contributed by atoms with Gasteiger partial charge in [-0.15, -0.1) is 10.2 Å². The second-order valence-corrected chi connectivity index (χ2v) is 9.86. The van der Waals surface area contributed by atoms with E-state index in [0.29, 0.717) is 42.9 Å². The zero-order valence-electron chi connectivity index (χ0n) is 17.7. The predicted octanol–water partition coefficient (Wildman–Crippen LogP) is 3.08. The van der Waals surface area contributed by atoms with Crippen molar-refractivity contribution in [1.29, 1.82) is 0 Å². The topological polar surface area (TPSA) is 99.8 Å². The Labute approximate surface area is 190 Å². The van der Waals surface area contributed by atoms with Gasteiger partial charge in [0, 0.05) is 25.2 Å². The molecule has 0 unspecified atom stereocenters. The van der Waals surface area contributed by atoms with Crippen LogP contribution in [0.15, 0.2) is 59.0 Å². The van der Waals surface area contributed by atoms with Gasteiger partial charge in [0.05, 0.1) is 24.1 Å². The third-order valence-corrected chi connectivity index (χ3v) is 7.16. The molecule has 3 aromatic rings. The van der Waals surface area contributed by atoms with E-state index in [2.05, 4.69) is 10.2 Å². The van der Waals surface area contributed by atoms with Gasteiger partial charge < -0.3 is 9.52 Å². The second-order valence-electron chi connectivity index (χ2n) is 7.84. The summed E-state index contributed by atoms with van der Waals surface area (Å²) in [7, 11) is -3.66. The molecular weight excluding hydrogens is 454 g/mol. The number of aliphatic hydroxyl groups is 1. The lowest BCUT2D eigenvalue weighted by Gasteiger charge is -2.26. The van der Waals surface area contributed by atoms with Crippen LogP contribution in [0.5, 0.6) is 0 Å². The lowest BCUT2D eigenvalue weighted by molar-refractivity contribution is 0.116. The quantitative estimate of drug-likeness (QED) is 0.505. The second kappa shape index (κ2) is 9.94. The van der Waals surface area contributed by atoms with Crippen molar-refractivity contribution in [2.75, 3.05) is 29.7 Å². The molecule has 2 aromatic carbocycles. The highest BCUT2D eigenvalue weighted by Gasteiger charge is 2.26. The van der Waals surface area contributed by atoms with Gasteiger partial charge >= 0.3 is 6.43 Å². The highest BCUT2D eigenvalue weighted by molar-refractivity contribution is 7.92. The number of para-hydroxylation sites is 1. The molecule has 176 valence electrons. The Kier molecular flexibility index (Phi) is 7.01. The van der Waals surface area contributed by atoms with Crippen LogP contribution in [0.3, 0.4) is 0 Å². The standard InChI is InChI=1S/C22H24F2N4O4S/c23-20(24)22-26-25-21(32-22)17-8-6-16(7-9-17)14-28(18-4-2-1-3-5-18)33(30,31)13-12-27-11-10-19(29)15-27/h1-9,19-20,29H,10-15H2/t19-/m0/s1. The molecule has 0 spiro atoms. The number of anilines is 1. The lowest BCUT2D eigenvalue weighted by Crippen LogP contribution is -2.37. The highest BCUT2D eigenvalue weighted by atomic mass is 32.2. The van der Waals surface area contributed by atoms with Gasteiger partial charge in [0.25, 0.3) is 5.89 Å². The molecule has 1 aromatic heterocycles. The van der Waals surface area contributed by atoms with Crippen molar-refractivity contribution in [3.8, 4) is 11.5 Å². The Morgan fingerprint density at radius 3 is 2.45 bits per heavy atom. The van der Waals surface area contributed by atoms with Crippen LogP contribution in [0.25, 0.3) is 11.5 Å². The summed E-state index contributed by atoms with van der Waals surface area (Å²) >= 11 is 0. The van der Waals surface area contributed by atoms with E-state index in [1.165, 1.54) is 4.31 Å². The Morgan fingerprint density at radius 1 is 1.12 bits per heavy atom. The molecule has 0 bridgehead atoms. The minimum atomic E-state index is -3.66. The van der Waals surface area contributed by atoms with E-state index >= 15 is 0 Å². The number of likely N-dealkylation sites (tertiary alicyclic amines) is 1. The maximum atomic E-state index is 13.3. The summed E-state index contributed by atoms with van der Waals surface area (Å²) in [5.74, 6) is -0.858. The molecule has 1 fully saturated rings. The molecule has 4 rings (SSSR count). The predicted molar refractivity (Wildman–Crippen MR) is 118 cm³/mol. The van der Waals surface area contributed by atoms with Crippen LogP contribution >= 0.6 is 0 Å². The molecule has 11 heteroatoms. The van der Waals surface area contributed by atoms with Crippen LogP contribution in [0.4, 0.5) is 14.5 Å². The van der Waals surface area contributed by atoms with Crippen LogP contribution in [0, 0.1) is 0 Å². The number of aliphatic hydroxyl groups excluding tert-OH is 1. The number of β-amino-alcohol motifs (C(OH)–C–C–N with tert-alkyl or cyclic N) is 1. The molecule has 1 atom stereocenters. The van der Waals surface area contributed by atoms with Gasteiger partial charge in [-0.1, -0.05) is 30.3 Å². The van der Waals surface area contributed by atoms with Gasteiger partial charge in [0.2, 0.25) is 15.9 Å². The van der Waals surface area contributed by atoms with Crippen LogP contribution in [-0.4, -0.2) is 60.1 Å². The minimum Gasteiger partial charge on any atom is -0.415 e. The van der Waals surface area contributed by atoms with Crippen molar-refractivity contribution in [2.45, 2.75) is 25.5 Å². The monoisotopic (exact) mass is 478 g/mol. The summed E-state index contributed by atoms with van der Waals surface area (Å²) in [4.78, 5) is 1.94. The Bertz CT molecular complexity index is 1160. The fourth-order valence-corrected chi connectivity index (χ4v) is 5.17. The maximum absolute atomic E-state index is 13.3. The van der Waals surface area contributed by atoms with Gasteiger partial charge in [0.1, 0.15) is 0 Å². The first-order valence-electron chi connectivity index (χ1n) is 10.5. The first kappa shape index (κ1) is 23.3. The summed E-state index contributed by atoms with van der Waals surface area (Å²) in [6.45, 7) is 1.59. The number of nitrogens with zero attached hydrogens (tertiary/aromatic N) is 4. The van der Waals surface area contributed by atoms with Crippen LogP contribution in [-0.2, 0) is 16.6 Å². The SMILES string of the molecule is O=S(=O)(CCN1CC[C@H](O)C1)N(Cc1ccc(-c2nnc(C(F)F)o2)cc1)c1ccccc1. The number of benzene rings is 2. The fraction of sp³-hybridized carbons (Fsp3) is 0.364. The largest absolute Gasteiger partial charge is 0.415 e. The molecule has 2 heterocycles. The zero-order chi connectivity index (χ0) is 23.4. The molecule has 1 saturated heterocycles. The van der Waals surface area contributed by atoms with Crippen LogP contribution in [0.1, 0.15) is 24.3 Å². The van der Waals surface area contributed by atoms with E-state index in [1.54, 1.807) is 48.5 Å². The summed E-state index contributed by atoms with van der Waals surface area (Å²) in [6, 6.07) is 15.5. The van der Waals surface area contributed by atoms with Gasteiger partial charge in [-0.2, -0.15) is 8.78 Å². The number of rotatable bonds is 9. The van der Waals surface area contributed by atoms with Crippen LogP contribution < -0.4 is 4.31 Å². The lowest BCUT2D eigenvalue weighted by atomic mass is 10.1. The zero-order valence-corrected chi connectivity index (χ0v) is 18.5. The molecule has 0 saturated carbocycles. The molecule has 0 amide bonds. The van der Waals surface area contributed by atoms with Crippen molar-refractivity contribution in [1.82, 2.24) is 15.1 Å². The van der Waals surface area contributed by atoms with Gasteiger partial charge in [-0.05, 0) is 36.2 Å². The van der Waals surface area contributed by atoms with Crippen molar-refractivity contribution < 1.29 is 26.7 Å². The van der Waals surface area contributed by atoms with Gasteiger partial charge in [-0.3, -0.25) is 9.21 Å². The van der Waals surface area contributed by atoms with E-state index in [1.807, 2.05) is 11.0 Å². The molecule has 33 heavy (non-hydrogen) atoms. The Balaban J connectivity index is 1.51. The molecule has 0 radical (unpaired) electrons. The molecular formula is C22H24F2N4O4S. The third-order valence-electron chi connectivity index (χ3n) is 5.45. The van der Waals surface area contributed by atoms with Crippen molar-refractivity contribution in [3.05, 3.63) is 66.1 Å². The number of hydrogen-bond acceptors (Lipinski definition) is 7. The summed E-state index contributed by atoms with van der Waals surface area (Å²) in [6.07, 6.45) is -2.61. The number of halogens is 2. The van der Waals surface area contributed by atoms with Gasteiger partial charge in [-0.25, -0.2) is 8.42 Å². The van der Waals surface area contributed by atoms with Crippen molar-refractivity contribution in [2.24, 2.45) is 0 Å². The summed E-state index contributed by atoms with van der Waals surface area (Å²) in [5, 5.41) is 16.6. The Morgan fingerprint density at radius 2 is 1.85 bits per heavy atom. The third kappa shape index (κ3) is 5.73. The fourth-order valence-electron chi connectivity index (χ4n) is 3.67. The maximum Gasteiger partial charge on any atom is 0.314 e. The first-order chi connectivity index (χ1) is 15.8. The van der Waals surface area contributed by atoms with E-state index in [9.17, 15) is 22.3 Å². The summed E-state index contributed by atoms with van der Waals surface area (Å²) < 4.78 is 58.2. The van der Waals surface area contributed by atoms with E-state index in [-0.39, 0.29) is 18.2 Å². The number of hydrogen-bond donors (Lipinski definition) is 1. The molecule has 8 nitrogen and oxygen atoms in total. The normalized spacial score (nSPS) is 17.0. The van der Waals surface area contributed by atoms with E-state index < -0.39 is 28.4 Å². The van der Waals surface area contributed by atoms with Gasteiger partial charge in [0.15, 0.2) is 0 Å². The number of alkyl halides is 2. The van der Waals surface area contributed by atoms with E-state index in [4.69, 9.17) is 4.42 Å². The van der Waals surface area contributed by atoms with Crippen LogP contribution in [0.2, 0.25) is 0 Å². The Hall–Kier alpha value is -2.89. The first-order valence-corrected chi connectivity index (χ1v) is 12.1. The van der Waals surface area contributed by atoms with E-state index in [0.717, 1.165) is 0 Å². The highest BCUT2D eigenvalue weighted by Crippen LogP contribution is 2.25. The number of sulfonamides is 1. The minimum absolute atomic E-state index is 0.0304. The molecule has 0 aliphatic carbocycles. The van der Waals surface area contributed by atoms with Crippen molar-refractivity contribution >= 4 is 15.7 Å².